The molecular weight excluding hydrogens is 174 g/mol. The highest BCUT2D eigenvalue weighted by atomic mass is 16.3. The van der Waals surface area contributed by atoms with Crippen molar-refractivity contribution in [2.24, 2.45) is 5.92 Å². The van der Waals surface area contributed by atoms with Gasteiger partial charge in [0.2, 0.25) is 0 Å². The van der Waals surface area contributed by atoms with Crippen LogP contribution in [0.15, 0.2) is 0 Å². The van der Waals surface area contributed by atoms with Gasteiger partial charge in [0.05, 0.1) is 0 Å². The van der Waals surface area contributed by atoms with E-state index in [1.165, 1.54) is 45.2 Å². The Balaban J connectivity index is 2.37. The van der Waals surface area contributed by atoms with Crippen molar-refractivity contribution in [2.75, 3.05) is 19.7 Å². The monoisotopic (exact) mass is 199 g/mol. The van der Waals surface area contributed by atoms with E-state index in [2.05, 4.69) is 18.7 Å². The average Bonchev–Trinajstić information content (AvgIpc) is 2.21. The summed E-state index contributed by atoms with van der Waals surface area (Å²) >= 11 is 0. The van der Waals surface area contributed by atoms with E-state index in [0.717, 1.165) is 6.04 Å². The van der Waals surface area contributed by atoms with Gasteiger partial charge < -0.3 is 10.0 Å². The minimum absolute atomic E-state index is 0.344. The molecule has 1 heterocycles. The summed E-state index contributed by atoms with van der Waals surface area (Å²) in [4.78, 5) is 2.62. The Labute approximate surface area is 88.3 Å². The SMILES string of the molecule is CCCN1CCCCC1CC(C)CO. The van der Waals surface area contributed by atoms with Crippen LogP contribution in [0.2, 0.25) is 0 Å². The molecule has 84 valence electrons. The maximum atomic E-state index is 9.06. The molecule has 0 aromatic carbocycles. The third kappa shape index (κ3) is 3.58. The summed E-state index contributed by atoms with van der Waals surface area (Å²) in [7, 11) is 0. The Hall–Kier alpha value is -0.0800. The molecule has 1 fully saturated rings. The van der Waals surface area contributed by atoms with E-state index in [-0.39, 0.29) is 0 Å². The largest absolute Gasteiger partial charge is 0.396 e. The number of piperidine rings is 1. The van der Waals surface area contributed by atoms with Gasteiger partial charge in [0.25, 0.3) is 0 Å². The van der Waals surface area contributed by atoms with E-state index in [0.29, 0.717) is 12.5 Å². The van der Waals surface area contributed by atoms with Gasteiger partial charge in [-0.3, -0.25) is 0 Å². The van der Waals surface area contributed by atoms with Crippen LogP contribution in [0, 0.1) is 5.92 Å². The van der Waals surface area contributed by atoms with Gasteiger partial charge in [0.15, 0.2) is 0 Å². The molecule has 0 spiro atoms. The molecule has 0 saturated carbocycles. The molecule has 1 N–H and O–H groups in total. The molecule has 2 atom stereocenters. The number of aliphatic hydroxyl groups excluding tert-OH is 1. The van der Waals surface area contributed by atoms with Crippen LogP contribution in [0.3, 0.4) is 0 Å². The summed E-state index contributed by atoms with van der Waals surface area (Å²) in [5, 5.41) is 9.06. The molecule has 1 aliphatic heterocycles. The molecule has 1 aliphatic rings. The van der Waals surface area contributed by atoms with Crippen LogP contribution in [0.4, 0.5) is 0 Å². The van der Waals surface area contributed by atoms with E-state index in [1.807, 2.05) is 0 Å². The van der Waals surface area contributed by atoms with E-state index < -0.39 is 0 Å². The molecule has 0 bridgehead atoms. The van der Waals surface area contributed by atoms with Gasteiger partial charge in [-0.2, -0.15) is 0 Å². The summed E-state index contributed by atoms with van der Waals surface area (Å²) < 4.78 is 0. The first-order chi connectivity index (χ1) is 6.77. The molecule has 0 radical (unpaired) electrons. The standard InChI is InChI=1S/C12H25NO/c1-3-7-13-8-5-4-6-12(13)9-11(2)10-14/h11-12,14H,3-10H2,1-2H3. The molecule has 0 aromatic heterocycles. The van der Waals surface area contributed by atoms with E-state index in [9.17, 15) is 0 Å². The lowest BCUT2D eigenvalue weighted by atomic mass is 9.93. The van der Waals surface area contributed by atoms with Crippen LogP contribution >= 0.6 is 0 Å². The van der Waals surface area contributed by atoms with Crippen molar-refractivity contribution in [3.63, 3.8) is 0 Å². The van der Waals surface area contributed by atoms with Crippen molar-refractivity contribution in [1.82, 2.24) is 4.90 Å². The van der Waals surface area contributed by atoms with E-state index >= 15 is 0 Å². The third-order valence-corrected chi connectivity index (χ3v) is 3.25. The number of aliphatic hydroxyl groups is 1. The summed E-state index contributed by atoms with van der Waals surface area (Å²) in [6.45, 7) is 7.26. The second kappa shape index (κ2) is 6.41. The van der Waals surface area contributed by atoms with Crippen LogP contribution in [0.25, 0.3) is 0 Å². The zero-order valence-corrected chi connectivity index (χ0v) is 9.71. The summed E-state index contributed by atoms with van der Waals surface area (Å²) in [6, 6.07) is 0.742. The Morgan fingerprint density at radius 2 is 2.21 bits per heavy atom. The van der Waals surface area contributed by atoms with Gasteiger partial charge >= 0.3 is 0 Å². The van der Waals surface area contributed by atoms with Gasteiger partial charge in [-0.05, 0) is 44.7 Å². The minimum atomic E-state index is 0.344. The fourth-order valence-electron chi connectivity index (χ4n) is 2.45. The van der Waals surface area contributed by atoms with Crippen LogP contribution < -0.4 is 0 Å². The molecule has 2 unspecified atom stereocenters. The summed E-state index contributed by atoms with van der Waals surface area (Å²) in [5.41, 5.74) is 0. The van der Waals surface area contributed by atoms with Crippen molar-refractivity contribution >= 4 is 0 Å². The van der Waals surface area contributed by atoms with Gasteiger partial charge in [-0.25, -0.2) is 0 Å². The first-order valence-electron chi connectivity index (χ1n) is 6.12. The molecule has 0 aromatic rings. The summed E-state index contributed by atoms with van der Waals surface area (Å²) in [6.07, 6.45) is 6.51. The molecule has 2 heteroatoms. The second-order valence-corrected chi connectivity index (χ2v) is 4.71. The molecule has 0 aliphatic carbocycles. The van der Waals surface area contributed by atoms with Crippen LogP contribution in [0.5, 0.6) is 0 Å². The topological polar surface area (TPSA) is 23.5 Å². The highest BCUT2D eigenvalue weighted by Crippen LogP contribution is 2.22. The Morgan fingerprint density at radius 1 is 1.43 bits per heavy atom. The minimum Gasteiger partial charge on any atom is -0.396 e. The van der Waals surface area contributed by atoms with Crippen molar-refractivity contribution in [2.45, 2.75) is 52.0 Å². The number of rotatable bonds is 5. The lowest BCUT2D eigenvalue weighted by Crippen LogP contribution is -2.41. The predicted molar refractivity (Wildman–Crippen MR) is 60.4 cm³/mol. The second-order valence-electron chi connectivity index (χ2n) is 4.71. The molecule has 0 amide bonds. The van der Waals surface area contributed by atoms with Crippen molar-refractivity contribution in [3.8, 4) is 0 Å². The Kier molecular flexibility index (Phi) is 5.49. The maximum Gasteiger partial charge on any atom is 0.0457 e. The number of hydrogen-bond donors (Lipinski definition) is 1. The normalized spacial score (nSPS) is 26.4. The van der Waals surface area contributed by atoms with Crippen LogP contribution in [0.1, 0.15) is 46.0 Å². The lowest BCUT2D eigenvalue weighted by molar-refractivity contribution is 0.112. The zero-order chi connectivity index (χ0) is 10.4. The Morgan fingerprint density at radius 3 is 2.86 bits per heavy atom. The highest BCUT2D eigenvalue weighted by Gasteiger charge is 2.22. The molecular formula is C12H25NO. The van der Waals surface area contributed by atoms with E-state index in [1.54, 1.807) is 0 Å². The zero-order valence-electron chi connectivity index (χ0n) is 9.71. The fourth-order valence-corrected chi connectivity index (χ4v) is 2.45. The van der Waals surface area contributed by atoms with Gasteiger partial charge in [0.1, 0.15) is 0 Å². The van der Waals surface area contributed by atoms with Crippen molar-refractivity contribution in [1.29, 1.82) is 0 Å². The average molecular weight is 199 g/mol. The van der Waals surface area contributed by atoms with Crippen molar-refractivity contribution in [3.05, 3.63) is 0 Å². The third-order valence-electron chi connectivity index (χ3n) is 3.25. The fraction of sp³-hybridized carbons (Fsp3) is 1.00. The molecule has 14 heavy (non-hydrogen) atoms. The van der Waals surface area contributed by atoms with Gasteiger partial charge in [-0.15, -0.1) is 0 Å². The number of hydrogen-bond acceptors (Lipinski definition) is 2. The molecule has 1 rings (SSSR count). The summed E-state index contributed by atoms with van der Waals surface area (Å²) in [5.74, 6) is 0.470. The quantitative estimate of drug-likeness (QED) is 0.734. The maximum absolute atomic E-state index is 9.06. The Bertz CT molecular complexity index is 147. The number of nitrogens with zero attached hydrogens (tertiary/aromatic N) is 1. The first-order valence-corrected chi connectivity index (χ1v) is 6.12. The smallest absolute Gasteiger partial charge is 0.0457 e. The lowest BCUT2D eigenvalue weighted by Gasteiger charge is -2.36. The predicted octanol–water partition coefficient (Wildman–Crippen LogP) is 2.27. The van der Waals surface area contributed by atoms with E-state index in [4.69, 9.17) is 5.11 Å². The van der Waals surface area contributed by atoms with Gasteiger partial charge in [0, 0.05) is 12.6 Å². The molecule has 1 saturated heterocycles. The highest BCUT2D eigenvalue weighted by molar-refractivity contribution is 4.78. The first kappa shape index (κ1) is 12.0. The van der Waals surface area contributed by atoms with Gasteiger partial charge in [-0.1, -0.05) is 20.3 Å². The number of likely N-dealkylation sites (tertiary alicyclic amines) is 1. The molecule has 2 nitrogen and oxygen atoms in total. The van der Waals surface area contributed by atoms with Crippen molar-refractivity contribution < 1.29 is 5.11 Å². The van der Waals surface area contributed by atoms with Crippen LogP contribution in [-0.2, 0) is 0 Å². The van der Waals surface area contributed by atoms with Crippen LogP contribution in [-0.4, -0.2) is 35.7 Å².